The molecule has 19 heavy (non-hydrogen) atoms. The summed E-state index contributed by atoms with van der Waals surface area (Å²) in [5.41, 5.74) is 0.913. The number of hydrogen-bond acceptors (Lipinski definition) is 3. The molecule has 0 saturated carbocycles. The van der Waals surface area contributed by atoms with Gasteiger partial charge in [0.1, 0.15) is 5.82 Å². The minimum atomic E-state index is -0.216. The molecule has 0 aromatic heterocycles. The molecule has 3 nitrogen and oxygen atoms in total. The van der Waals surface area contributed by atoms with Gasteiger partial charge in [-0.3, -0.25) is 0 Å². The van der Waals surface area contributed by atoms with Crippen LogP contribution in [0.2, 0.25) is 0 Å². The highest BCUT2D eigenvalue weighted by Gasteiger charge is 2.16. The van der Waals surface area contributed by atoms with E-state index >= 15 is 0 Å². The van der Waals surface area contributed by atoms with Gasteiger partial charge < -0.3 is 14.8 Å². The Morgan fingerprint density at radius 3 is 3.16 bits per heavy atom. The molecular weight excluding hydrogens is 313 g/mol. The Morgan fingerprint density at radius 1 is 1.58 bits per heavy atom. The van der Waals surface area contributed by atoms with Crippen molar-refractivity contribution in [3.05, 3.63) is 34.1 Å². The fourth-order valence-electron chi connectivity index (χ4n) is 1.95. The van der Waals surface area contributed by atoms with E-state index < -0.39 is 0 Å². The molecule has 1 aromatic carbocycles. The van der Waals surface area contributed by atoms with Gasteiger partial charge in [0.2, 0.25) is 0 Å². The first kappa shape index (κ1) is 14.9. The van der Waals surface area contributed by atoms with Crippen molar-refractivity contribution in [1.29, 1.82) is 0 Å². The summed E-state index contributed by atoms with van der Waals surface area (Å²) in [5, 5.41) is 3.33. The molecule has 2 atom stereocenters. The molecule has 1 heterocycles. The van der Waals surface area contributed by atoms with Crippen LogP contribution in [-0.2, 0) is 16.0 Å². The molecule has 1 N–H and O–H groups in total. The molecule has 1 aromatic rings. The lowest BCUT2D eigenvalue weighted by atomic mass is 10.2. The third-order valence-corrected chi connectivity index (χ3v) is 3.89. The van der Waals surface area contributed by atoms with Gasteiger partial charge in [-0.1, -0.05) is 15.9 Å². The summed E-state index contributed by atoms with van der Waals surface area (Å²) in [6.07, 6.45) is 1.20. The van der Waals surface area contributed by atoms with E-state index in [-0.39, 0.29) is 18.0 Å². The van der Waals surface area contributed by atoms with E-state index in [1.165, 1.54) is 12.1 Å². The van der Waals surface area contributed by atoms with Crippen LogP contribution in [0.25, 0.3) is 0 Å². The highest BCUT2D eigenvalue weighted by molar-refractivity contribution is 9.10. The summed E-state index contributed by atoms with van der Waals surface area (Å²) in [5.74, 6) is -0.216. The maximum Gasteiger partial charge on any atom is 0.123 e. The van der Waals surface area contributed by atoms with Gasteiger partial charge in [0.05, 0.1) is 19.3 Å². The number of rotatable bonds is 6. The molecule has 0 unspecified atom stereocenters. The predicted molar refractivity (Wildman–Crippen MR) is 75.6 cm³/mol. The smallest absolute Gasteiger partial charge is 0.123 e. The topological polar surface area (TPSA) is 30.5 Å². The van der Waals surface area contributed by atoms with Gasteiger partial charge in [0.25, 0.3) is 0 Å². The molecule has 106 valence electrons. The molecule has 0 aliphatic carbocycles. The molecular formula is C14H19BrFNO2. The Kier molecular flexibility index (Phi) is 5.76. The Bertz CT molecular complexity index is 410. The van der Waals surface area contributed by atoms with Crippen molar-refractivity contribution in [3.63, 3.8) is 0 Å². The molecule has 1 aliphatic rings. The van der Waals surface area contributed by atoms with Gasteiger partial charge >= 0.3 is 0 Å². The van der Waals surface area contributed by atoms with Crippen molar-refractivity contribution < 1.29 is 13.9 Å². The first-order chi connectivity index (χ1) is 9.15. The van der Waals surface area contributed by atoms with E-state index in [0.29, 0.717) is 19.8 Å². The number of nitrogens with one attached hydrogen (secondary N) is 1. The van der Waals surface area contributed by atoms with Crippen LogP contribution in [0.15, 0.2) is 22.7 Å². The average molecular weight is 332 g/mol. The molecule has 0 radical (unpaired) electrons. The van der Waals surface area contributed by atoms with E-state index in [0.717, 1.165) is 23.1 Å². The van der Waals surface area contributed by atoms with Crippen molar-refractivity contribution in [2.75, 3.05) is 19.8 Å². The molecule has 0 bridgehead atoms. The van der Waals surface area contributed by atoms with Crippen LogP contribution in [0, 0.1) is 5.82 Å². The quantitative estimate of drug-likeness (QED) is 0.869. The van der Waals surface area contributed by atoms with Crippen LogP contribution in [0.1, 0.15) is 18.9 Å². The van der Waals surface area contributed by atoms with Crippen molar-refractivity contribution in [1.82, 2.24) is 5.32 Å². The summed E-state index contributed by atoms with van der Waals surface area (Å²) in [6.45, 7) is 4.80. The fraction of sp³-hybridized carbons (Fsp3) is 0.571. The lowest BCUT2D eigenvalue weighted by Crippen LogP contribution is -2.32. The first-order valence-electron chi connectivity index (χ1n) is 6.52. The van der Waals surface area contributed by atoms with Crippen molar-refractivity contribution in [2.24, 2.45) is 0 Å². The average Bonchev–Trinajstić information content (AvgIpc) is 2.90. The predicted octanol–water partition coefficient (Wildman–Crippen LogP) is 2.87. The number of ether oxygens (including phenoxy) is 2. The van der Waals surface area contributed by atoms with Crippen molar-refractivity contribution in [2.45, 2.75) is 32.0 Å². The van der Waals surface area contributed by atoms with E-state index in [9.17, 15) is 4.39 Å². The monoisotopic (exact) mass is 331 g/mol. The third-order valence-electron chi connectivity index (χ3n) is 3.12. The van der Waals surface area contributed by atoms with E-state index in [1.54, 1.807) is 6.07 Å². The Balaban J connectivity index is 1.73. The van der Waals surface area contributed by atoms with Gasteiger partial charge in [0, 0.05) is 23.7 Å². The Hall–Kier alpha value is -0.490. The highest BCUT2D eigenvalue weighted by atomic mass is 79.9. The fourth-order valence-corrected chi connectivity index (χ4v) is 2.33. The second kappa shape index (κ2) is 7.33. The molecule has 1 saturated heterocycles. The van der Waals surface area contributed by atoms with Crippen molar-refractivity contribution >= 4 is 15.9 Å². The minimum Gasteiger partial charge on any atom is -0.379 e. The van der Waals surface area contributed by atoms with Gasteiger partial charge in [-0.05, 0) is 37.1 Å². The summed E-state index contributed by atoms with van der Waals surface area (Å²) >= 11 is 3.42. The second-order valence-electron chi connectivity index (χ2n) is 4.84. The molecule has 0 spiro atoms. The molecule has 1 fully saturated rings. The zero-order valence-corrected chi connectivity index (χ0v) is 12.6. The first-order valence-corrected chi connectivity index (χ1v) is 7.31. The van der Waals surface area contributed by atoms with Gasteiger partial charge in [0.15, 0.2) is 0 Å². The van der Waals surface area contributed by atoms with Gasteiger partial charge in [-0.15, -0.1) is 0 Å². The number of halogens is 2. The molecule has 0 amide bonds. The van der Waals surface area contributed by atoms with Crippen LogP contribution in [0.5, 0.6) is 0 Å². The molecule has 2 rings (SSSR count). The minimum absolute atomic E-state index is 0.216. The van der Waals surface area contributed by atoms with Crippen LogP contribution in [0.4, 0.5) is 4.39 Å². The zero-order chi connectivity index (χ0) is 13.7. The number of hydrogen-bond donors (Lipinski definition) is 1. The van der Waals surface area contributed by atoms with E-state index in [2.05, 4.69) is 28.2 Å². The van der Waals surface area contributed by atoms with Crippen LogP contribution in [-0.4, -0.2) is 32.0 Å². The van der Waals surface area contributed by atoms with Crippen molar-refractivity contribution in [3.8, 4) is 0 Å². The lowest BCUT2D eigenvalue weighted by Gasteiger charge is -2.17. The largest absolute Gasteiger partial charge is 0.379 e. The Labute approximate surface area is 121 Å². The standard InChI is InChI=1S/C14H19BrFNO2/c1-10(8-19-13-4-5-18-9-13)17-7-11-6-12(16)2-3-14(11)15/h2-3,6,10,13,17H,4-5,7-9H2,1H3/t10-,13+/m0/s1. The van der Waals surface area contributed by atoms with Gasteiger partial charge in [-0.25, -0.2) is 4.39 Å². The normalized spacial score (nSPS) is 20.7. The summed E-state index contributed by atoms with van der Waals surface area (Å²) in [7, 11) is 0. The van der Waals surface area contributed by atoms with Gasteiger partial charge in [-0.2, -0.15) is 0 Å². The summed E-state index contributed by atoms with van der Waals surface area (Å²) in [6, 6.07) is 4.93. The third kappa shape index (κ3) is 4.84. The van der Waals surface area contributed by atoms with E-state index in [1.807, 2.05) is 0 Å². The SMILES string of the molecule is C[C@@H](CO[C@@H]1CCOC1)NCc1cc(F)ccc1Br. The lowest BCUT2D eigenvalue weighted by molar-refractivity contribution is 0.0322. The highest BCUT2D eigenvalue weighted by Crippen LogP contribution is 2.17. The van der Waals surface area contributed by atoms with Crippen LogP contribution in [0.3, 0.4) is 0 Å². The maximum atomic E-state index is 13.1. The Morgan fingerprint density at radius 2 is 2.42 bits per heavy atom. The second-order valence-corrected chi connectivity index (χ2v) is 5.69. The maximum absolute atomic E-state index is 13.1. The molecule has 1 aliphatic heterocycles. The summed E-state index contributed by atoms with van der Waals surface area (Å²) < 4.78 is 25.0. The number of benzene rings is 1. The molecule has 5 heteroatoms. The van der Waals surface area contributed by atoms with Crippen LogP contribution >= 0.6 is 15.9 Å². The van der Waals surface area contributed by atoms with E-state index in [4.69, 9.17) is 9.47 Å². The summed E-state index contributed by atoms with van der Waals surface area (Å²) in [4.78, 5) is 0. The zero-order valence-electron chi connectivity index (χ0n) is 11.0. The van der Waals surface area contributed by atoms with Crippen LogP contribution < -0.4 is 5.32 Å².